The third-order valence-corrected chi connectivity index (χ3v) is 8.44. The number of nitriles is 1. The Bertz CT molecular complexity index is 1160. The zero-order chi connectivity index (χ0) is 24.5. The van der Waals surface area contributed by atoms with Crippen LogP contribution in [0.1, 0.15) is 111 Å². The van der Waals surface area contributed by atoms with E-state index >= 15 is 0 Å². The molecule has 184 valence electrons. The summed E-state index contributed by atoms with van der Waals surface area (Å²) in [5.74, 6) is 0.140. The van der Waals surface area contributed by atoms with Gasteiger partial charge in [-0.3, -0.25) is 14.7 Å². The monoisotopic (exact) mass is 471 g/mol. The SMILES string of the molecule is CC1(C)CC=C(c2nc(C3(N4CCCCC4)CCCC3)ccc2CC(=O)c2ncc(C#N)[nH]2)CC1. The smallest absolute Gasteiger partial charge is 0.202 e. The molecule has 6 heteroatoms. The van der Waals surface area contributed by atoms with Crippen molar-refractivity contribution in [1.29, 1.82) is 5.26 Å². The van der Waals surface area contributed by atoms with Crippen molar-refractivity contribution in [3.8, 4) is 6.07 Å². The molecule has 2 aliphatic carbocycles. The van der Waals surface area contributed by atoms with Crippen molar-refractivity contribution in [2.24, 2.45) is 5.41 Å². The minimum absolute atomic E-state index is 0.0366. The summed E-state index contributed by atoms with van der Waals surface area (Å²) >= 11 is 0. The number of allylic oxidation sites excluding steroid dienone is 2. The van der Waals surface area contributed by atoms with Gasteiger partial charge in [-0.15, -0.1) is 0 Å². The van der Waals surface area contributed by atoms with Gasteiger partial charge in [0.15, 0.2) is 5.82 Å². The van der Waals surface area contributed by atoms with E-state index in [1.807, 2.05) is 6.07 Å². The fourth-order valence-electron chi connectivity index (χ4n) is 6.25. The summed E-state index contributed by atoms with van der Waals surface area (Å²) in [6.07, 6.45) is 15.9. The van der Waals surface area contributed by atoms with Gasteiger partial charge in [0.2, 0.25) is 5.78 Å². The van der Waals surface area contributed by atoms with Crippen molar-refractivity contribution in [2.75, 3.05) is 13.1 Å². The molecular formula is C29H37N5O. The molecular weight excluding hydrogens is 434 g/mol. The predicted octanol–water partition coefficient (Wildman–Crippen LogP) is 5.95. The quantitative estimate of drug-likeness (QED) is 0.526. The third-order valence-electron chi connectivity index (χ3n) is 8.44. The van der Waals surface area contributed by atoms with Gasteiger partial charge in [-0.05, 0) is 80.7 Å². The van der Waals surface area contributed by atoms with Crippen molar-refractivity contribution in [2.45, 2.75) is 90.0 Å². The Labute approximate surface area is 208 Å². The molecule has 0 unspecified atom stereocenters. The lowest BCUT2D eigenvalue weighted by atomic mass is 9.77. The fourth-order valence-corrected chi connectivity index (χ4v) is 6.25. The summed E-state index contributed by atoms with van der Waals surface area (Å²) in [5, 5.41) is 9.09. The number of carbonyl (C=O) groups is 1. The summed E-state index contributed by atoms with van der Waals surface area (Å²) in [7, 11) is 0. The molecule has 1 N–H and O–H groups in total. The van der Waals surface area contributed by atoms with Gasteiger partial charge in [0.25, 0.3) is 0 Å². The number of nitrogens with zero attached hydrogens (tertiary/aromatic N) is 4. The number of aromatic amines is 1. The van der Waals surface area contributed by atoms with Crippen LogP contribution >= 0.6 is 0 Å². The highest BCUT2D eigenvalue weighted by Gasteiger charge is 2.43. The van der Waals surface area contributed by atoms with Gasteiger partial charge in [-0.25, -0.2) is 4.98 Å². The maximum absolute atomic E-state index is 13.1. The van der Waals surface area contributed by atoms with Crippen LogP contribution in [0, 0.1) is 16.7 Å². The maximum Gasteiger partial charge on any atom is 0.202 e. The standard InChI is InChI=1S/C29H37N5O/c1-28(2)14-10-21(11-15-28)26-22(18-24(35)27-31-20-23(19-30)32-27)8-9-25(33-26)29(12-4-5-13-29)34-16-6-3-7-17-34/h8-10,20H,3-7,11-18H2,1-2H3,(H,31,32). The molecule has 0 bridgehead atoms. The molecule has 3 aliphatic rings. The highest BCUT2D eigenvalue weighted by atomic mass is 16.1. The second-order valence-electron chi connectivity index (χ2n) is 11.4. The van der Waals surface area contributed by atoms with Crippen LogP contribution in [-0.2, 0) is 12.0 Å². The Morgan fingerprint density at radius 3 is 2.54 bits per heavy atom. The number of nitrogens with one attached hydrogen (secondary N) is 1. The van der Waals surface area contributed by atoms with E-state index < -0.39 is 0 Å². The summed E-state index contributed by atoms with van der Waals surface area (Å²) < 4.78 is 0. The average molecular weight is 472 g/mol. The molecule has 0 amide bonds. The molecule has 2 aromatic rings. The zero-order valence-corrected chi connectivity index (χ0v) is 21.2. The van der Waals surface area contributed by atoms with Gasteiger partial charge in [-0.2, -0.15) is 5.26 Å². The number of hydrogen-bond donors (Lipinski definition) is 1. The summed E-state index contributed by atoms with van der Waals surface area (Å²) in [5.41, 5.74) is 5.09. The number of H-pyrrole nitrogens is 1. The first kappa shape index (κ1) is 23.9. The van der Waals surface area contributed by atoms with E-state index in [1.165, 1.54) is 62.4 Å². The number of aromatic nitrogens is 3. The first-order valence-corrected chi connectivity index (χ1v) is 13.3. The number of Topliss-reactive ketones (excluding diaryl/α,β-unsaturated/α-hetero) is 1. The Morgan fingerprint density at radius 1 is 1.11 bits per heavy atom. The minimum atomic E-state index is -0.106. The van der Waals surface area contributed by atoms with Crippen molar-refractivity contribution in [1.82, 2.24) is 19.9 Å². The van der Waals surface area contributed by atoms with Crippen LogP contribution in [0.2, 0.25) is 0 Å². The Morgan fingerprint density at radius 2 is 1.89 bits per heavy atom. The topological polar surface area (TPSA) is 85.7 Å². The molecule has 0 aromatic carbocycles. The van der Waals surface area contributed by atoms with E-state index in [9.17, 15) is 4.79 Å². The molecule has 0 atom stereocenters. The highest BCUT2D eigenvalue weighted by Crippen LogP contribution is 2.45. The highest BCUT2D eigenvalue weighted by molar-refractivity contribution is 5.95. The van der Waals surface area contributed by atoms with E-state index in [-0.39, 0.29) is 23.6 Å². The lowest BCUT2D eigenvalue weighted by Gasteiger charge is -2.43. The molecule has 2 aromatic heterocycles. The van der Waals surface area contributed by atoms with Crippen LogP contribution in [0.4, 0.5) is 0 Å². The number of likely N-dealkylation sites (tertiary alicyclic amines) is 1. The molecule has 6 nitrogen and oxygen atoms in total. The van der Waals surface area contributed by atoms with Crippen LogP contribution in [0.3, 0.4) is 0 Å². The third kappa shape index (κ3) is 4.84. The summed E-state index contributed by atoms with van der Waals surface area (Å²) in [6, 6.07) is 6.36. The van der Waals surface area contributed by atoms with Gasteiger partial charge in [0.1, 0.15) is 11.8 Å². The Balaban J connectivity index is 1.52. The number of hydrogen-bond acceptors (Lipinski definition) is 5. The van der Waals surface area contributed by atoms with Crippen LogP contribution in [-0.4, -0.2) is 38.7 Å². The molecule has 1 saturated heterocycles. The van der Waals surface area contributed by atoms with Crippen molar-refractivity contribution < 1.29 is 4.79 Å². The number of piperidine rings is 1. The number of imidazole rings is 1. The predicted molar refractivity (Wildman–Crippen MR) is 137 cm³/mol. The van der Waals surface area contributed by atoms with E-state index in [0.29, 0.717) is 11.1 Å². The number of pyridine rings is 1. The van der Waals surface area contributed by atoms with E-state index in [2.05, 4.69) is 46.9 Å². The number of rotatable bonds is 6. The van der Waals surface area contributed by atoms with Crippen LogP contribution in [0.25, 0.3) is 5.57 Å². The molecule has 35 heavy (non-hydrogen) atoms. The van der Waals surface area contributed by atoms with Crippen molar-refractivity contribution in [3.05, 3.63) is 52.9 Å². The van der Waals surface area contributed by atoms with Gasteiger partial charge >= 0.3 is 0 Å². The molecule has 0 radical (unpaired) electrons. The van der Waals surface area contributed by atoms with Crippen molar-refractivity contribution in [3.63, 3.8) is 0 Å². The molecule has 1 saturated carbocycles. The van der Waals surface area contributed by atoms with Gasteiger partial charge in [0.05, 0.1) is 23.1 Å². The molecule has 1 aliphatic heterocycles. The Hall–Kier alpha value is -2.78. The van der Waals surface area contributed by atoms with E-state index in [0.717, 1.165) is 43.6 Å². The number of carbonyl (C=O) groups excluding carboxylic acids is 1. The first-order chi connectivity index (χ1) is 16.9. The average Bonchev–Trinajstić information content (AvgIpc) is 3.56. The second kappa shape index (κ2) is 9.70. The minimum Gasteiger partial charge on any atom is -0.327 e. The zero-order valence-electron chi connectivity index (χ0n) is 21.2. The van der Waals surface area contributed by atoms with Gasteiger partial charge < -0.3 is 4.98 Å². The molecule has 3 heterocycles. The lowest BCUT2D eigenvalue weighted by molar-refractivity contribution is 0.0648. The molecule has 2 fully saturated rings. The van der Waals surface area contributed by atoms with Gasteiger partial charge in [0, 0.05) is 6.42 Å². The number of ketones is 1. The van der Waals surface area contributed by atoms with Crippen LogP contribution in [0.15, 0.2) is 24.4 Å². The first-order valence-electron chi connectivity index (χ1n) is 13.3. The summed E-state index contributed by atoms with van der Waals surface area (Å²) in [4.78, 5) is 28.1. The van der Waals surface area contributed by atoms with E-state index in [1.54, 1.807) is 0 Å². The largest absolute Gasteiger partial charge is 0.327 e. The fraction of sp³-hybridized carbons (Fsp3) is 0.586. The Kier molecular flexibility index (Phi) is 6.63. The molecule has 5 rings (SSSR count). The second-order valence-corrected chi connectivity index (χ2v) is 11.4. The van der Waals surface area contributed by atoms with Crippen LogP contribution < -0.4 is 0 Å². The van der Waals surface area contributed by atoms with Gasteiger partial charge in [-0.1, -0.05) is 45.3 Å². The normalized spacial score (nSPS) is 21.9. The van der Waals surface area contributed by atoms with Crippen LogP contribution in [0.5, 0.6) is 0 Å². The van der Waals surface area contributed by atoms with Crippen molar-refractivity contribution >= 4 is 11.4 Å². The molecule has 0 spiro atoms. The van der Waals surface area contributed by atoms with E-state index in [4.69, 9.17) is 10.2 Å². The summed E-state index contributed by atoms with van der Waals surface area (Å²) in [6.45, 7) is 6.96. The maximum atomic E-state index is 13.1. The lowest BCUT2D eigenvalue weighted by Crippen LogP contribution is -2.47.